The van der Waals surface area contributed by atoms with E-state index in [-0.39, 0.29) is 16.0 Å². The molecule has 18 heavy (non-hydrogen) atoms. The van der Waals surface area contributed by atoms with Crippen molar-refractivity contribution in [3.63, 3.8) is 0 Å². The molecule has 0 amide bonds. The summed E-state index contributed by atoms with van der Waals surface area (Å²) in [5, 5.41) is 3.00. The van der Waals surface area contributed by atoms with Crippen molar-refractivity contribution in [1.29, 1.82) is 0 Å². The highest BCUT2D eigenvalue weighted by Crippen LogP contribution is 2.24. The molecule has 0 radical (unpaired) electrons. The summed E-state index contributed by atoms with van der Waals surface area (Å²) in [5.41, 5.74) is 0.416. The monoisotopic (exact) mass is 294 g/mol. The number of halogens is 2. The van der Waals surface area contributed by atoms with Gasteiger partial charge in [-0.15, -0.1) is 0 Å². The molecule has 0 aliphatic heterocycles. The van der Waals surface area contributed by atoms with Crippen molar-refractivity contribution in [1.82, 2.24) is 10.0 Å². The smallest absolute Gasteiger partial charge is 0.240 e. The number of sulfonamides is 1. The minimum Gasteiger partial charge on any atom is -0.310 e. The van der Waals surface area contributed by atoms with Gasteiger partial charge in [-0.1, -0.05) is 25.4 Å². The second-order valence-electron chi connectivity index (χ2n) is 4.12. The molecule has 1 rings (SSSR count). The maximum absolute atomic E-state index is 13.6. The molecule has 0 saturated carbocycles. The molecule has 0 saturated heterocycles. The van der Waals surface area contributed by atoms with E-state index in [0.717, 1.165) is 6.07 Å². The number of hydrogen-bond acceptors (Lipinski definition) is 3. The van der Waals surface area contributed by atoms with Gasteiger partial charge in [-0.2, -0.15) is 0 Å². The first-order valence-electron chi connectivity index (χ1n) is 5.42. The molecule has 0 spiro atoms. The molecule has 0 atom stereocenters. The SMILES string of the molecule is CNS(=O)(=O)c1cc(F)c(Cl)c(CNC(C)C)c1. The van der Waals surface area contributed by atoms with Crippen molar-refractivity contribution in [2.75, 3.05) is 7.05 Å². The van der Waals surface area contributed by atoms with Gasteiger partial charge in [0.15, 0.2) is 0 Å². The molecule has 1 aromatic carbocycles. The lowest BCUT2D eigenvalue weighted by atomic mass is 10.2. The summed E-state index contributed by atoms with van der Waals surface area (Å²) >= 11 is 5.81. The fraction of sp³-hybridized carbons (Fsp3) is 0.455. The third-order valence-corrected chi connectivity index (χ3v) is 4.17. The van der Waals surface area contributed by atoms with Crippen LogP contribution in [0.3, 0.4) is 0 Å². The summed E-state index contributed by atoms with van der Waals surface area (Å²) in [5.74, 6) is -0.742. The molecule has 0 heterocycles. The topological polar surface area (TPSA) is 58.2 Å². The van der Waals surface area contributed by atoms with Crippen molar-refractivity contribution < 1.29 is 12.8 Å². The second-order valence-corrected chi connectivity index (χ2v) is 6.39. The molecule has 0 fully saturated rings. The van der Waals surface area contributed by atoms with Crippen LogP contribution in [0.1, 0.15) is 19.4 Å². The van der Waals surface area contributed by atoms with Crippen LogP contribution in [-0.2, 0) is 16.6 Å². The average Bonchev–Trinajstić information content (AvgIpc) is 2.30. The quantitative estimate of drug-likeness (QED) is 0.872. The molecule has 4 nitrogen and oxygen atoms in total. The highest BCUT2D eigenvalue weighted by molar-refractivity contribution is 7.89. The average molecular weight is 295 g/mol. The Kier molecular flexibility index (Phi) is 5.10. The van der Waals surface area contributed by atoms with Gasteiger partial charge < -0.3 is 5.32 Å². The Labute approximate surface area is 112 Å². The molecule has 0 aliphatic carbocycles. The molecule has 0 aromatic heterocycles. The van der Waals surface area contributed by atoms with Crippen molar-refractivity contribution in [3.05, 3.63) is 28.5 Å². The van der Waals surface area contributed by atoms with Gasteiger partial charge in [0, 0.05) is 12.6 Å². The molecule has 2 N–H and O–H groups in total. The van der Waals surface area contributed by atoms with E-state index in [0.29, 0.717) is 12.1 Å². The van der Waals surface area contributed by atoms with Crippen LogP contribution in [-0.4, -0.2) is 21.5 Å². The van der Waals surface area contributed by atoms with E-state index in [1.807, 2.05) is 13.8 Å². The van der Waals surface area contributed by atoms with Gasteiger partial charge in [0.1, 0.15) is 5.82 Å². The molecule has 102 valence electrons. The Balaban J connectivity index is 3.19. The maximum atomic E-state index is 13.6. The Morgan fingerprint density at radius 3 is 2.50 bits per heavy atom. The highest BCUT2D eigenvalue weighted by atomic mass is 35.5. The lowest BCUT2D eigenvalue weighted by Gasteiger charge is -2.12. The van der Waals surface area contributed by atoms with Crippen LogP contribution >= 0.6 is 11.6 Å². The molecule has 0 unspecified atom stereocenters. The first-order valence-corrected chi connectivity index (χ1v) is 7.29. The Morgan fingerprint density at radius 2 is 2.00 bits per heavy atom. The largest absolute Gasteiger partial charge is 0.310 e. The fourth-order valence-corrected chi connectivity index (χ4v) is 2.30. The van der Waals surface area contributed by atoms with E-state index in [1.54, 1.807) is 0 Å². The normalized spacial score (nSPS) is 12.1. The third-order valence-electron chi connectivity index (χ3n) is 2.36. The Bertz CT molecular complexity index is 532. The van der Waals surface area contributed by atoms with Gasteiger partial charge in [0.2, 0.25) is 10.0 Å². The lowest BCUT2D eigenvalue weighted by molar-refractivity contribution is 0.573. The summed E-state index contributed by atoms with van der Waals surface area (Å²) in [7, 11) is -2.40. The first-order chi connectivity index (χ1) is 8.27. The van der Waals surface area contributed by atoms with Crippen LogP contribution in [0.2, 0.25) is 5.02 Å². The number of rotatable bonds is 5. The molecule has 7 heteroatoms. The third kappa shape index (κ3) is 3.65. The van der Waals surface area contributed by atoms with Crippen molar-refractivity contribution in [2.45, 2.75) is 31.3 Å². The standard InChI is InChI=1S/C11H16ClFN2O2S/c1-7(2)15-6-8-4-9(18(16,17)14-3)5-10(13)11(8)12/h4-5,7,14-15H,6H2,1-3H3. The van der Waals surface area contributed by atoms with Crippen LogP contribution < -0.4 is 10.0 Å². The minimum atomic E-state index is -3.67. The minimum absolute atomic E-state index is 0.0572. The first kappa shape index (κ1) is 15.4. The van der Waals surface area contributed by atoms with Crippen LogP contribution in [0.25, 0.3) is 0 Å². The van der Waals surface area contributed by atoms with Gasteiger partial charge in [-0.25, -0.2) is 17.5 Å². The summed E-state index contributed by atoms with van der Waals surface area (Å²) in [6, 6.07) is 2.47. The number of hydrogen-bond donors (Lipinski definition) is 2. The summed E-state index contributed by atoms with van der Waals surface area (Å²) in [6.07, 6.45) is 0. The highest BCUT2D eigenvalue weighted by Gasteiger charge is 2.17. The summed E-state index contributed by atoms with van der Waals surface area (Å²) < 4.78 is 38.9. The van der Waals surface area contributed by atoms with E-state index in [1.165, 1.54) is 13.1 Å². The van der Waals surface area contributed by atoms with E-state index < -0.39 is 15.8 Å². The van der Waals surface area contributed by atoms with E-state index in [9.17, 15) is 12.8 Å². The molecular weight excluding hydrogens is 279 g/mol. The molecule has 0 aliphatic rings. The van der Waals surface area contributed by atoms with Gasteiger partial charge in [-0.3, -0.25) is 0 Å². The van der Waals surface area contributed by atoms with E-state index >= 15 is 0 Å². The van der Waals surface area contributed by atoms with Gasteiger partial charge >= 0.3 is 0 Å². The summed E-state index contributed by atoms with van der Waals surface area (Å²) in [4.78, 5) is -0.132. The van der Waals surface area contributed by atoms with Crippen LogP contribution in [0.4, 0.5) is 4.39 Å². The predicted octanol–water partition coefficient (Wildman–Crippen LogP) is 1.89. The lowest BCUT2D eigenvalue weighted by Crippen LogP contribution is -2.23. The fourth-order valence-electron chi connectivity index (χ4n) is 1.33. The van der Waals surface area contributed by atoms with Gasteiger partial charge in [-0.05, 0) is 24.7 Å². The molecule has 1 aromatic rings. The zero-order valence-electron chi connectivity index (χ0n) is 10.4. The van der Waals surface area contributed by atoms with E-state index in [2.05, 4.69) is 10.0 Å². The Hall–Kier alpha value is -0.690. The predicted molar refractivity (Wildman–Crippen MR) is 69.6 cm³/mol. The van der Waals surface area contributed by atoms with Crippen LogP contribution in [0, 0.1) is 5.82 Å². The van der Waals surface area contributed by atoms with Gasteiger partial charge in [0.25, 0.3) is 0 Å². The van der Waals surface area contributed by atoms with Crippen LogP contribution in [0.5, 0.6) is 0 Å². The van der Waals surface area contributed by atoms with Gasteiger partial charge in [0.05, 0.1) is 9.92 Å². The number of nitrogens with one attached hydrogen (secondary N) is 2. The van der Waals surface area contributed by atoms with Crippen molar-refractivity contribution in [3.8, 4) is 0 Å². The molecular formula is C11H16ClFN2O2S. The second kappa shape index (κ2) is 5.97. The summed E-state index contributed by atoms with van der Waals surface area (Å²) in [6.45, 7) is 4.16. The number of benzene rings is 1. The maximum Gasteiger partial charge on any atom is 0.240 e. The Morgan fingerprint density at radius 1 is 1.39 bits per heavy atom. The van der Waals surface area contributed by atoms with Crippen LogP contribution in [0.15, 0.2) is 17.0 Å². The molecule has 0 bridgehead atoms. The zero-order chi connectivity index (χ0) is 13.9. The van der Waals surface area contributed by atoms with E-state index in [4.69, 9.17) is 11.6 Å². The van der Waals surface area contributed by atoms with Crippen molar-refractivity contribution >= 4 is 21.6 Å². The zero-order valence-corrected chi connectivity index (χ0v) is 12.0. The van der Waals surface area contributed by atoms with Crippen molar-refractivity contribution in [2.24, 2.45) is 0 Å².